The lowest BCUT2D eigenvalue weighted by molar-refractivity contribution is -0.156. The Morgan fingerprint density at radius 3 is 2.83 bits per heavy atom. The number of amides is 1. The smallest absolute Gasteiger partial charge is 0.237 e. The highest BCUT2D eigenvalue weighted by atomic mass is 32.2. The van der Waals surface area contributed by atoms with Gasteiger partial charge in [-0.25, -0.2) is 13.1 Å². The summed E-state index contributed by atoms with van der Waals surface area (Å²) in [5, 5.41) is 9.86. The van der Waals surface area contributed by atoms with Gasteiger partial charge in [-0.3, -0.25) is 4.79 Å². The van der Waals surface area contributed by atoms with Crippen LogP contribution < -0.4 is 4.72 Å². The predicted octanol–water partition coefficient (Wildman–Crippen LogP) is -0.323. The molecule has 0 saturated carbocycles. The van der Waals surface area contributed by atoms with Crippen LogP contribution in [0.4, 0.5) is 0 Å². The van der Waals surface area contributed by atoms with Gasteiger partial charge >= 0.3 is 0 Å². The predicted molar refractivity (Wildman–Crippen MR) is 90.1 cm³/mol. The second kappa shape index (κ2) is 7.60. The second-order valence-electron chi connectivity index (χ2n) is 6.26. The lowest BCUT2D eigenvalue weighted by atomic mass is 9.92. The van der Waals surface area contributed by atoms with Crippen molar-refractivity contribution in [2.45, 2.75) is 18.9 Å². The molecule has 1 atom stereocenters. The van der Waals surface area contributed by atoms with Crippen LogP contribution in [0.15, 0.2) is 24.3 Å². The van der Waals surface area contributed by atoms with Gasteiger partial charge in [0, 0.05) is 13.0 Å². The number of carbonyl (C=O) groups is 1. The first-order valence-electron chi connectivity index (χ1n) is 7.76. The molecule has 0 radical (unpaired) electrons. The van der Waals surface area contributed by atoms with Gasteiger partial charge in [-0.15, -0.1) is 0 Å². The third kappa shape index (κ3) is 5.27. The lowest BCUT2D eigenvalue weighted by Gasteiger charge is -2.42. The number of benzene rings is 1. The van der Waals surface area contributed by atoms with Gasteiger partial charge in [-0.2, -0.15) is 0 Å². The summed E-state index contributed by atoms with van der Waals surface area (Å²) in [5.74, 6) is -0.328. The molecule has 0 unspecified atom stereocenters. The van der Waals surface area contributed by atoms with Crippen molar-refractivity contribution in [3.63, 3.8) is 0 Å². The normalized spacial score (nSPS) is 21.7. The van der Waals surface area contributed by atoms with Gasteiger partial charge in [-0.05, 0) is 12.5 Å². The highest BCUT2D eigenvalue weighted by molar-refractivity contribution is 7.88. The molecular formula is C16H24N2O5S. The molecule has 7 nitrogen and oxygen atoms in total. The Morgan fingerprint density at radius 2 is 2.21 bits per heavy atom. The Balaban J connectivity index is 2.06. The van der Waals surface area contributed by atoms with Crippen molar-refractivity contribution >= 4 is 15.9 Å². The minimum Gasteiger partial charge on any atom is -0.393 e. The highest BCUT2D eigenvalue weighted by Crippen LogP contribution is 2.23. The molecule has 0 spiro atoms. The Morgan fingerprint density at radius 1 is 1.46 bits per heavy atom. The van der Waals surface area contributed by atoms with Crippen LogP contribution in [0.5, 0.6) is 0 Å². The highest BCUT2D eigenvalue weighted by Gasteiger charge is 2.38. The topological polar surface area (TPSA) is 95.9 Å². The number of nitrogens with zero attached hydrogens (tertiary/aromatic N) is 1. The van der Waals surface area contributed by atoms with E-state index in [1.54, 1.807) is 0 Å². The number of aliphatic hydroxyl groups excluding tert-OH is 1. The van der Waals surface area contributed by atoms with Gasteiger partial charge in [0.1, 0.15) is 5.60 Å². The van der Waals surface area contributed by atoms with Crippen LogP contribution in [-0.2, 0) is 26.0 Å². The van der Waals surface area contributed by atoms with E-state index in [4.69, 9.17) is 4.74 Å². The molecular weight excluding hydrogens is 332 g/mol. The summed E-state index contributed by atoms with van der Waals surface area (Å²) in [5.41, 5.74) is 1.27. The zero-order chi connectivity index (χ0) is 17.8. The van der Waals surface area contributed by atoms with E-state index in [1.165, 1.54) is 4.90 Å². The summed E-state index contributed by atoms with van der Waals surface area (Å²) in [7, 11) is -3.42. The van der Waals surface area contributed by atoms with Crippen molar-refractivity contribution in [2.24, 2.45) is 0 Å². The molecule has 1 fully saturated rings. The molecule has 1 heterocycles. The maximum Gasteiger partial charge on any atom is 0.237 e. The van der Waals surface area contributed by atoms with Crippen molar-refractivity contribution in [3.8, 4) is 0 Å². The maximum atomic E-state index is 12.2. The van der Waals surface area contributed by atoms with Crippen molar-refractivity contribution in [3.05, 3.63) is 35.4 Å². The molecule has 1 amide bonds. The Labute approximate surface area is 142 Å². The van der Waals surface area contributed by atoms with Crippen molar-refractivity contribution in [1.29, 1.82) is 0 Å². The molecule has 0 aliphatic carbocycles. The third-order valence-electron chi connectivity index (χ3n) is 3.98. The second-order valence-corrected chi connectivity index (χ2v) is 8.10. The number of sulfonamides is 1. The van der Waals surface area contributed by atoms with Gasteiger partial charge in [0.25, 0.3) is 0 Å². The standard InChI is InChI=1S/C16H24N2O5S/c1-13-4-3-5-14(8-13)9-16(12-19)11-18(6-7-23-16)15(20)10-17-24(2,21)22/h3-5,8,17,19H,6-7,9-12H2,1-2H3/t16-/m0/s1. The number of nitrogens with one attached hydrogen (secondary N) is 1. The number of aryl methyl sites for hydroxylation is 1. The first-order chi connectivity index (χ1) is 11.2. The van der Waals surface area contributed by atoms with Gasteiger partial charge in [0.15, 0.2) is 0 Å². The number of rotatable bonds is 6. The molecule has 134 valence electrons. The van der Waals surface area contributed by atoms with Gasteiger partial charge in [0.2, 0.25) is 15.9 Å². The third-order valence-corrected chi connectivity index (χ3v) is 4.65. The summed E-state index contributed by atoms with van der Waals surface area (Å²) in [6, 6.07) is 7.91. The molecule has 1 aromatic carbocycles. The van der Waals surface area contributed by atoms with E-state index in [0.717, 1.165) is 17.4 Å². The van der Waals surface area contributed by atoms with E-state index < -0.39 is 15.6 Å². The van der Waals surface area contributed by atoms with Crippen molar-refractivity contribution in [2.75, 3.05) is 39.1 Å². The summed E-state index contributed by atoms with van der Waals surface area (Å²) in [6.45, 7) is 2.39. The number of morpholine rings is 1. The number of carbonyl (C=O) groups excluding carboxylic acids is 1. The number of hydrogen-bond acceptors (Lipinski definition) is 5. The molecule has 1 aliphatic rings. The number of ether oxygens (including phenoxy) is 1. The van der Waals surface area contributed by atoms with Crippen LogP contribution in [-0.4, -0.2) is 69.0 Å². The zero-order valence-corrected chi connectivity index (χ0v) is 14.8. The fraction of sp³-hybridized carbons (Fsp3) is 0.562. The molecule has 2 N–H and O–H groups in total. The van der Waals surface area contributed by atoms with E-state index in [0.29, 0.717) is 19.6 Å². The average molecular weight is 356 g/mol. The molecule has 2 rings (SSSR count). The van der Waals surface area contributed by atoms with Crippen molar-refractivity contribution < 1.29 is 23.1 Å². The van der Waals surface area contributed by atoms with Crippen LogP contribution in [0.3, 0.4) is 0 Å². The van der Waals surface area contributed by atoms with Crippen LogP contribution in [0.25, 0.3) is 0 Å². The fourth-order valence-corrected chi connectivity index (χ4v) is 3.20. The minimum atomic E-state index is -3.42. The van der Waals surface area contributed by atoms with Crippen LogP contribution in [0.2, 0.25) is 0 Å². The Kier molecular flexibility index (Phi) is 5.97. The van der Waals surface area contributed by atoms with E-state index in [1.807, 2.05) is 31.2 Å². The minimum absolute atomic E-state index is 0.218. The van der Waals surface area contributed by atoms with Gasteiger partial charge in [-0.1, -0.05) is 29.8 Å². The Bertz CT molecular complexity index is 691. The van der Waals surface area contributed by atoms with E-state index in [-0.39, 0.29) is 25.6 Å². The molecule has 0 bridgehead atoms. The summed E-state index contributed by atoms with van der Waals surface area (Å²) >= 11 is 0. The first kappa shape index (κ1) is 18.9. The summed E-state index contributed by atoms with van der Waals surface area (Å²) in [6.07, 6.45) is 1.49. The van der Waals surface area contributed by atoms with Crippen LogP contribution in [0, 0.1) is 6.92 Å². The van der Waals surface area contributed by atoms with Crippen molar-refractivity contribution in [1.82, 2.24) is 9.62 Å². The fourth-order valence-electron chi connectivity index (χ4n) is 2.81. The molecule has 8 heteroatoms. The molecule has 24 heavy (non-hydrogen) atoms. The summed E-state index contributed by atoms with van der Waals surface area (Å²) in [4.78, 5) is 13.8. The number of aliphatic hydroxyl groups is 1. The average Bonchev–Trinajstić information content (AvgIpc) is 2.52. The molecule has 1 saturated heterocycles. The first-order valence-corrected chi connectivity index (χ1v) is 9.65. The van der Waals surface area contributed by atoms with Crippen LogP contribution in [0.1, 0.15) is 11.1 Å². The SMILES string of the molecule is Cc1cccc(C[C@@]2(CO)CN(C(=O)CNS(C)(=O)=O)CCO2)c1. The molecule has 1 aliphatic heterocycles. The van der Waals surface area contributed by atoms with Gasteiger partial charge in [0.05, 0.1) is 32.6 Å². The lowest BCUT2D eigenvalue weighted by Crippen LogP contribution is -2.58. The quantitative estimate of drug-likeness (QED) is 0.728. The maximum absolute atomic E-state index is 12.2. The largest absolute Gasteiger partial charge is 0.393 e. The summed E-state index contributed by atoms with van der Waals surface area (Å²) < 4.78 is 30.3. The number of hydrogen-bond donors (Lipinski definition) is 2. The molecule has 0 aromatic heterocycles. The Hall–Kier alpha value is -1.48. The van der Waals surface area contributed by atoms with E-state index in [2.05, 4.69) is 4.72 Å². The van der Waals surface area contributed by atoms with E-state index >= 15 is 0 Å². The zero-order valence-electron chi connectivity index (χ0n) is 14.0. The van der Waals surface area contributed by atoms with Gasteiger partial charge < -0.3 is 14.7 Å². The molecule has 1 aromatic rings. The van der Waals surface area contributed by atoms with Crippen LogP contribution >= 0.6 is 0 Å². The van der Waals surface area contributed by atoms with E-state index in [9.17, 15) is 18.3 Å². The monoisotopic (exact) mass is 356 g/mol.